The molecule has 24 heavy (non-hydrogen) atoms. The van der Waals surface area contributed by atoms with E-state index in [-0.39, 0.29) is 5.41 Å². The summed E-state index contributed by atoms with van der Waals surface area (Å²) in [5, 5.41) is 13.1. The summed E-state index contributed by atoms with van der Waals surface area (Å²) in [6.45, 7) is 4.56. The summed E-state index contributed by atoms with van der Waals surface area (Å²) in [5.41, 5.74) is 0.923. The third-order valence-electron chi connectivity index (χ3n) is 7.78. The van der Waals surface area contributed by atoms with Crippen LogP contribution in [0.3, 0.4) is 0 Å². The van der Waals surface area contributed by atoms with Crippen molar-refractivity contribution in [1.29, 1.82) is 0 Å². The van der Waals surface area contributed by atoms with Crippen LogP contribution in [0.25, 0.3) is 0 Å². The smallest absolute Gasteiger partial charge is 0.316 e. The molecule has 1 saturated heterocycles. The van der Waals surface area contributed by atoms with Crippen LogP contribution in [-0.2, 0) is 9.59 Å². The first-order valence-corrected chi connectivity index (χ1v) is 9.57. The minimum atomic E-state index is -1.02. The second-order valence-electron chi connectivity index (χ2n) is 8.95. The average Bonchev–Trinajstić information content (AvgIpc) is 2.90. The first-order chi connectivity index (χ1) is 11.3. The SMILES string of the molecule is C[C@@]12CCC[C@H]1[C@@H]1CC(Cl)=C3NC(=O)C(C(=O)O)C[C@]3(C)[C@@H]1CC2. The van der Waals surface area contributed by atoms with Crippen LogP contribution in [-0.4, -0.2) is 17.0 Å². The molecule has 0 bridgehead atoms. The highest BCUT2D eigenvalue weighted by Crippen LogP contribution is 2.65. The number of carboxylic acid groups (broad SMARTS) is 1. The number of amides is 1. The zero-order valence-corrected chi connectivity index (χ0v) is 15.2. The number of fused-ring (bicyclic) bond motifs is 5. The van der Waals surface area contributed by atoms with E-state index in [9.17, 15) is 14.7 Å². The number of hydrogen-bond acceptors (Lipinski definition) is 2. The molecule has 132 valence electrons. The Morgan fingerprint density at radius 2 is 2.00 bits per heavy atom. The quantitative estimate of drug-likeness (QED) is 0.704. The summed E-state index contributed by atoms with van der Waals surface area (Å²) < 4.78 is 0. The lowest BCUT2D eigenvalue weighted by Gasteiger charge is -2.57. The minimum absolute atomic E-state index is 0.319. The van der Waals surface area contributed by atoms with Crippen molar-refractivity contribution in [1.82, 2.24) is 5.32 Å². The summed E-state index contributed by atoms with van der Waals surface area (Å²) in [4.78, 5) is 23.7. The van der Waals surface area contributed by atoms with E-state index in [0.717, 1.165) is 23.6 Å². The summed E-state index contributed by atoms with van der Waals surface area (Å²) in [6.07, 6.45) is 7.42. The average molecular weight is 352 g/mol. The van der Waals surface area contributed by atoms with Crippen LogP contribution in [0, 0.1) is 34.5 Å². The van der Waals surface area contributed by atoms with Crippen molar-refractivity contribution in [3.8, 4) is 0 Å². The molecule has 4 aliphatic rings. The number of piperidine rings is 1. The molecule has 2 N–H and O–H groups in total. The predicted octanol–water partition coefficient (Wildman–Crippen LogP) is 3.90. The first-order valence-electron chi connectivity index (χ1n) is 9.19. The highest BCUT2D eigenvalue weighted by Gasteiger charge is 2.59. The molecule has 3 fully saturated rings. The van der Waals surface area contributed by atoms with Crippen molar-refractivity contribution in [3.63, 3.8) is 0 Å². The number of aliphatic carboxylic acids is 1. The van der Waals surface area contributed by atoms with Crippen LogP contribution in [0.5, 0.6) is 0 Å². The molecule has 3 aliphatic carbocycles. The van der Waals surface area contributed by atoms with Gasteiger partial charge in [0.15, 0.2) is 0 Å². The standard InChI is InChI=1S/C19H26ClNO3/c1-18-6-3-4-12(18)10-8-14(20)15-19(2,13(10)5-7-18)9-11(17(23)24)16(22)21-15/h10-13H,3-9H2,1-2H3,(H,21,22)(H,23,24)/t10-,11?,12-,13+,18-,19+/m0/s1. The number of carbonyl (C=O) groups excluding carboxylic acids is 1. The van der Waals surface area contributed by atoms with Gasteiger partial charge in [-0.15, -0.1) is 0 Å². The molecule has 2 saturated carbocycles. The normalized spacial score (nSPS) is 47.5. The molecule has 6 atom stereocenters. The number of nitrogens with one attached hydrogen (secondary N) is 1. The summed E-state index contributed by atoms with van der Waals surface area (Å²) in [6, 6.07) is 0. The third-order valence-corrected chi connectivity index (χ3v) is 8.13. The molecule has 0 aromatic heterocycles. The van der Waals surface area contributed by atoms with Crippen molar-refractivity contribution < 1.29 is 14.7 Å². The Kier molecular flexibility index (Phi) is 3.58. The Bertz CT molecular complexity index is 645. The van der Waals surface area contributed by atoms with E-state index >= 15 is 0 Å². The second-order valence-corrected chi connectivity index (χ2v) is 9.40. The highest BCUT2D eigenvalue weighted by molar-refractivity contribution is 6.30. The summed E-state index contributed by atoms with van der Waals surface area (Å²) in [7, 11) is 0. The molecule has 4 rings (SSSR count). The van der Waals surface area contributed by atoms with Gasteiger partial charge in [-0.2, -0.15) is 0 Å². The molecule has 5 heteroatoms. The van der Waals surface area contributed by atoms with Gasteiger partial charge < -0.3 is 10.4 Å². The number of allylic oxidation sites excluding steroid dienone is 2. The zero-order valence-electron chi connectivity index (χ0n) is 14.4. The Labute approximate surface area is 148 Å². The van der Waals surface area contributed by atoms with Gasteiger partial charge in [-0.1, -0.05) is 31.9 Å². The highest BCUT2D eigenvalue weighted by atomic mass is 35.5. The molecular weight excluding hydrogens is 326 g/mol. The monoisotopic (exact) mass is 351 g/mol. The van der Waals surface area contributed by atoms with E-state index in [1.807, 2.05) is 0 Å². The fourth-order valence-corrected chi connectivity index (χ4v) is 6.99. The largest absolute Gasteiger partial charge is 0.481 e. The minimum Gasteiger partial charge on any atom is -0.481 e. The topological polar surface area (TPSA) is 66.4 Å². The molecule has 4 nitrogen and oxygen atoms in total. The van der Waals surface area contributed by atoms with E-state index in [2.05, 4.69) is 19.2 Å². The van der Waals surface area contributed by atoms with Crippen LogP contribution >= 0.6 is 11.6 Å². The van der Waals surface area contributed by atoms with Crippen molar-refractivity contribution in [2.75, 3.05) is 0 Å². The maximum Gasteiger partial charge on any atom is 0.316 e. The number of carboxylic acids is 1. The van der Waals surface area contributed by atoms with Gasteiger partial charge in [0.1, 0.15) is 5.92 Å². The lowest BCUT2D eigenvalue weighted by Crippen LogP contribution is -2.56. The second kappa shape index (κ2) is 5.23. The zero-order chi connectivity index (χ0) is 17.3. The van der Waals surface area contributed by atoms with Crippen LogP contribution in [0.15, 0.2) is 10.7 Å². The molecule has 0 radical (unpaired) electrons. The van der Waals surface area contributed by atoms with E-state index in [1.54, 1.807) is 0 Å². The van der Waals surface area contributed by atoms with Gasteiger partial charge in [0, 0.05) is 16.1 Å². The van der Waals surface area contributed by atoms with Gasteiger partial charge in [0.05, 0.1) is 0 Å². The van der Waals surface area contributed by atoms with Crippen molar-refractivity contribution in [2.45, 2.75) is 58.8 Å². The van der Waals surface area contributed by atoms with Crippen LogP contribution < -0.4 is 5.32 Å². The Hall–Kier alpha value is -1.03. The van der Waals surface area contributed by atoms with Gasteiger partial charge in [-0.05, 0) is 61.7 Å². The van der Waals surface area contributed by atoms with Gasteiger partial charge in [0.2, 0.25) is 5.91 Å². The number of halogens is 1. The van der Waals surface area contributed by atoms with Crippen molar-refractivity contribution in [2.24, 2.45) is 34.5 Å². The van der Waals surface area contributed by atoms with Gasteiger partial charge in [0.25, 0.3) is 0 Å². The molecule has 1 aliphatic heterocycles. The van der Waals surface area contributed by atoms with Crippen LogP contribution in [0.1, 0.15) is 58.8 Å². The van der Waals surface area contributed by atoms with E-state index < -0.39 is 17.8 Å². The Morgan fingerprint density at radius 1 is 1.25 bits per heavy atom. The maximum absolute atomic E-state index is 12.2. The third kappa shape index (κ3) is 2.11. The Morgan fingerprint density at radius 3 is 2.71 bits per heavy atom. The molecule has 0 spiro atoms. The van der Waals surface area contributed by atoms with Crippen molar-refractivity contribution in [3.05, 3.63) is 10.7 Å². The Balaban J connectivity index is 1.75. The molecule has 0 aromatic rings. The number of rotatable bonds is 1. The maximum atomic E-state index is 12.2. The lowest BCUT2D eigenvalue weighted by atomic mass is 9.49. The van der Waals surface area contributed by atoms with E-state index in [1.165, 1.54) is 25.7 Å². The van der Waals surface area contributed by atoms with E-state index in [0.29, 0.717) is 29.6 Å². The predicted molar refractivity (Wildman–Crippen MR) is 91.2 cm³/mol. The molecule has 1 heterocycles. The van der Waals surface area contributed by atoms with E-state index in [4.69, 9.17) is 11.6 Å². The molecule has 1 unspecified atom stereocenters. The molecular formula is C19H26ClNO3. The fourth-order valence-electron chi connectivity index (χ4n) is 6.55. The number of carbonyl (C=O) groups is 2. The van der Waals surface area contributed by atoms with Crippen molar-refractivity contribution >= 4 is 23.5 Å². The summed E-state index contributed by atoms with van der Waals surface area (Å²) >= 11 is 6.65. The molecule has 1 amide bonds. The summed E-state index contributed by atoms with van der Waals surface area (Å²) in [5.74, 6) is -0.755. The first kappa shape index (κ1) is 16.4. The fraction of sp³-hybridized carbons (Fsp3) is 0.789. The van der Waals surface area contributed by atoms with Crippen LogP contribution in [0.4, 0.5) is 0 Å². The van der Waals surface area contributed by atoms with Gasteiger partial charge >= 0.3 is 5.97 Å². The molecule has 0 aromatic carbocycles. The van der Waals surface area contributed by atoms with Gasteiger partial charge in [-0.3, -0.25) is 9.59 Å². The number of hydrogen-bond donors (Lipinski definition) is 2. The lowest BCUT2D eigenvalue weighted by molar-refractivity contribution is -0.151. The van der Waals surface area contributed by atoms with Crippen LogP contribution in [0.2, 0.25) is 0 Å². The van der Waals surface area contributed by atoms with Gasteiger partial charge in [-0.25, -0.2) is 0 Å².